The average Bonchev–Trinajstić information content (AvgIpc) is 3.20. The van der Waals surface area contributed by atoms with Gasteiger partial charge in [-0.1, -0.05) is 17.3 Å². The molecule has 0 unspecified atom stereocenters. The van der Waals surface area contributed by atoms with E-state index in [-0.39, 0.29) is 22.9 Å². The second-order valence-electron chi connectivity index (χ2n) is 5.55. The Hall–Kier alpha value is -3.20. The molecule has 0 bridgehead atoms. The zero-order valence-electron chi connectivity index (χ0n) is 13.6. The summed E-state index contributed by atoms with van der Waals surface area (Å²) in [5, 5.41) is 3.85. The smallest absolute Gasteiger partial charge is 0.269 e. The van der Waals surface area contributed by atoms with Crippen molar-refractivity contribution in [2.75, 3.05) is 7.11 Å². The molecule has 1 aliphatic rings. The molecule has 0 N–H and O–H groups in total. The van der Waals surface area contributed by atoms with Gasteiger partial charge in [0.15, 0.2) is 0 Å². The first kappa shape index (κ1) is 16.3. The van der Waals surface area contributed by atoms with Crippen molar-refractivity contribution >= 4 is 15.9 Å². The van der Waals surface area contributed by atoms with Gasteiger partial charge in [0, 0.05) is 5.56 Å². The molecular formula is C17H13N3O5S. The largest absolute Gasteiger partial charge is 0.497 e. The first-order valence-corrected chi connectivity index (χ1v) is 9.08. The highest BCUT2D eigenvalue weighted by atomic mass is 32.2. The SMILES string of the molecule is COc1ccc(-c2noc(CN3C(=O)c4ccccc4S3(=O)=O)n2)cc1. The summed E-state index contributed by atoms with van der Waals surface area (Å²) in [6.07, 6.45) is 0. The minimum Gasteiger partial charge on any atom is -0.497 e. The van der Waals surface area contributed by atoms with Crippen LogP contribution in [0.15, 0.2) is 57.9 Å². The molecule has 4 rings (SSSR count). The van der Waals surface area contributed by atoms with E-state index in [0.29, 0.717) is 17.1 Å². The Bertz CT molecular complexity index is 1090. The number of hydrogen-bond acceptors (Lipinski definition) is 7. The van der Waals surface area contributed by atoms with Crippen LogP contribution in [0.1, 0.15) is 16.2 Å². The Kier molecular flexibility index (Phi) is 3.73. The van der Waals surface area contributed by atoms with Crippen LogP contribution in [-0.4, -0.2) is 35.9 Å². The first-order valence-electron chi connectivity index (χ1n) is 7.64. The van der Waals surface area contributed by atoms with E-state index in [1.807, 2.05) is 0 Å². The number of rotatable bonds is 4. The molecule has 0 radical (unpaired) electrons. The summed E-state index contributed by atoms with van der Waals surface area (Å²) in [6, 6.07) is 13.1. The molecule has 26 heavy (non-hydrogen) atoms. The second-order valence-corrected chi connectivity index (χ2v) is 7.38. The lowest BCUT2D eigenvalue weighted by atomic mass is 10.2. The molecular weight excluding hydrogens is 358 g/mol. The number of carbonyl (C=O) groups is 1. The van der Waals surface area contributed by atoms with Crippen LogP contribution >= 0.6 is 0 Å². The summed E-state index contributed by atoms with van der Waals surface area (Å²) < 4.78 is 36.1. The predicted molar refractivity (Wildman–Crippen MR) is 89.8 cm³/mol. The van der Waals surface area contributed by atoms with Crippen molar-refractivity contribution in [2.24, 2.45) is 0 Å². The molecule has 132 valence electrons. The summed E-state index contributed by atoms with van der Waals surface area (Å²) in [5.74, 6) is 0.401. The Balaban J connectivity index is 1.61. The van der Waals surface area contributed by atoms with Gasteiger partial charge in [-0.05, 0) is 36.4 Å². The Morgan fingerprint density at radius 3 is 2.54 bits per heavy atom. The molecule has 0 atom stereocenters. The third-order valence-electron chi connectivity index (χ3n) is 4.01. The fraction of sp³-hybridized carbons (Fsp3) is 0.118. The number of hydrogen-bond donors (Lipinski definition) is 0. The molecule has 1 aromatic heterocycles. The fourth-order valence-electron chi connectivity index (χ4n) is 2.69. The third kappa shape index (κ3) is 2.53. The zero-order chi connectivity index (χ0) is 18.3. The van der Waals surface area contributed by atoms with Gasteiger partial charge in [0.1, 0.15) is 17.2 Å². The topological polar surface area (TPSA) is 103 Å². The van der Waals surface area contributed by atoms with Crippen LogP contribution in [0.5, 0.6) is 5.75 Å². The van der Waals surface area contributed by atoms with E-state index < -0.39 is 15.9 Å². The lowest BCUT2D eigenvalue weighted by Crippen LogP contribution is -2.29. The summed E-state index contributed by atoms with van der Waals surface area (Å²) in [7, 11) is -2.36. The van der Waals surface area contributed by atoms with Crippen molar-refractivity contribution in [3.8, 4) is 17.1 Å². The third-order valence-corrected chi connectivity index (χ3v) is 5.79. The van der Waals surface area contributed by atoms with Crippen LogP contribution in [0.2, 0.25) is 0 Å². The number of fused-ring (bicyclic) bond motifs is 1. The number of ether oxygens (including phenoxy) is 1. The normalized spacial score (nSPS) is 15.1. The lowest BCUT2D eigenvalue weighted by Gasteiger charge is -2.11. The van der Waals surface area contributed by atoms with Gasteiger partial charge < -0.3 is 9.26 Å². The van der Waals surface area contributed by atoms with Gasteiger partial charge in [-0.25, -0.2) is 12.7 Å². The molecule has 8 nitrogen and oxygen atoms in total. The Morgan fingerprint density at radius 1 is 1.12 bits per heavy atom. The number of nitrogens with zero attached hydrogens (tertiary/aromatic N) is 3. The van der Waals surface area contributed by atoms with E-state index in [1.165, 1.54) is 12.1 Å². The fourth-order valence-corrected chi connectivity index (χ4v) is 4.20. The van der Waals surface area contributed by atoms with Crippen LogP contribution < -0.4 is 4.74 Å². The lowest BCUT2D eigenvalue weighted by molar-refractivity contribution is 0.0855. The van der Waals surface area contributed by atoms with Crippen molar-refractivity contribution < 1.29 is 22.5 Å². The van der Waals surface area contributed by atoms with E-state index in [0.717, 1.165) is 4.31 Å². The highest BCUT2D eigenvalue weighted by Crippen LogP contribution is 2.31. The van der Waals surface area contributed by atoms with Gasteiger partial charge in [0.25, 0.3) is 15.9 Å². The number of sulfonamides is 1. The Labute approximate surface area is 149 Å². The highest BCUT2D eigenvalue weighted by Gasteiger charge is 2.41. The maximum atomic E-state index is 12.5. The molecule has 9 heteroatoms. The van der Waals surface area contributed by atoms with Gasteiger partial charge in [0.2, 0.25) is 11.7 Å². The number of amides is 1. The first-order chi connectivity index (χ1) is 12.5. The van der Waals surface area contributed by atoms with Crippen LogP contribution in [0.4, 0.5) is 0 Å². The van der Waals surface area contributed by atoms with Crippen LogP contribution in [-0.2, 0) is 16.6 Å². The zero-order valence-corrected chi connectivity index (χ0v) is 14.4. The monoisotopic (exact) mass is 371 g/mol. The van der Waals surface area contributed by atoms with Crippen LogP contribution in [0.25, 0.3) is 11.4 Å². The highest BCUT2D eigenvalue weighted by molar-refractivity contribution is 7.90. The van der Waals surface area contributed by atoms with E-state index in [1.54, 1.807) is 43.5 Å². The molecule has 0 aliphatic carbocycles. The molecule has 1 aliphatic heterocycles. The second kappa shape index (κ2) is 5.95. The predicted octanol–water partition coefficient (Wildman–Crippen LogP) is 2.09. The van der Waals surface area contributed by atoms with Crippen molar-refractivity contribution in [1.29, 1.82) is 0 Å². The number of methoxy groups -OCH3 is 1. The molecule has 0 saturated heterocycles. The molecule has 3 aromatic rings. The molecule has 2 aromatic carbocycles. The summed E-state index contributed by atoms with van der Waals surface area (Å²) in [4.78, 5) is 16.6. The van der Waals surface area contributed by atoms with Crippen molar-refractivity contribution in [1.82, 2.24) is 14.4 Å². The molecule has 0 spiro atoms. The number of carbonyl (C=O) groups excluding carboxylic acids is 1. The number of aromatic nitrogens is 2. The number of benzene rings is 2. The average molecular weight is 371 g/mol. The van der Waals surface area contributed by atoms with E-state index >= 15 is 0 Å². The van der Waals surface area contributed by atoms with Gasteiger partial charge >= 0.3 is 0 Å². The van der Waals surface area contributed by atoms with Gasteiger partial charge in [0.05, 0.1) is 12.7 Å². The van der Waals surface area contributed by atoms with Crippen molar-refractivity contribution in [3.05, 3.63) is 60.0 Å². The summed E-state index contributed by atoms with van der Waals surface area (Å²) in [5.41, 5.74) is 0.821. The minimum absolute atomic E-state index is 0.0140. The van der Waals surface area contributed by atoms with E-state index in [2.05, 4.69) is 10.1 Å². The summed E-state index contributed by atoms with van der Waals surface area (Å²) in [6.45, 7) is -0.320. The molecule has 0 saturated carbocycles. The van der Waals surface area contributed by atoms with E-state index in [4.69, 9.17) is 9.26 Å². The minimum atomic E-state index is -3.92. The molecule has 2 heterocycles. The van der Waals surface area contributed by atoms with Crippen molar-refractivity contribution in [3.63, 3.8) is 0 Å². The van der Waals surface area contributed by atoms with E-state index in [9.17, 15) is 13.2 Å². The van der Waals surface area contributed by atoms with Crippen molar-refractivity contribution in [2.45, 2.75) is 11.4 Å². The standard InChI is InChI=1S/C17H13N3O5S/c1-24-12-8-6-11(7-9-12)16-18-15(25-19-16)10-20-17(21)13-4-2-3-5-14(13)26(20,22)23/h2-9H,10H2,1H3. The maximum Gasteiger partial charge on any atom is 0.269 e. The van der Waals surface area contributed by atoms with Crippen LogP contribution in [0.3, 0.4) is 0 Å². The maximum absolute atomic E-state index is 12.5. The Morgan fingerprint density at radius 2 is 1.85 bits per heavy atom. The molecule has 1 amide bonds. The summed E-state index contributed by atoms with van der Waals surface area (Å²) >= 11 is 0. The van der Waals surface area contributed by atoms with Gasteiger partial charge in [-0.2, -0.15) is 4.98 Å². The van der Waals surface area contributed by atoms with Gasteiger partial charge in [-0.3, -0.25) is 4.79 Å². The van der Waals surface area contributed by atoms with Crippen LogP contribution in [0, 0.1) is 0 Å². The quantitative estimate of drug-likeness (QED) is 0.692. The van der Waals surface area contributed by atoms with Gasteiger partial charge in [-0.15, -0.1) is 0 Å². The molecule has 0 fully saturated rings.